The summed E-state index contributed by atoms with van der Waals surface area (Å²) in [5.74, 6) is 0.315. The van der Waals surface area contributed by atoms with Crippen LogP contribution in [-0.4, -0.2) is 5.11 Å². The highest BCUT2D eigenvalue weighted by Gasteiger charge is 2.05. The highest BCUT2D eigenvalue weighted by molar-refractivity contribution is 6.36. The first-order chi connectivity index (χ1) is 8.58. The number of phenols is 1. The molecule has 2 nitrogen and oxygen atoms in total. The molecule has 0 saturated carbocycles. The summed E-state index contributed by atoms with van der Waals surface area (Å²) in [6, 6.07) is 10.9. The fourth-order valence-corrected chi connectivity index (χ4v) is 2.16. The number of hydrogen-bond donors (Lipinski definition) is 2. The molecular formula is C14H13Cl2NO. The minimum Gasteiger partial charge on any atom is -0.507 e. The quantitative estimate of drug-likeness (QED) is 0.861. The second-order valence-electron chi connectivity index (χ2n) is 4.06. The van der Waals surface area contributed by atoms with Crippen molar-refractivity contribution < 1.29 is 5.11 Å². The van der Waals surface area contributed by atoms with Gasteiger partial charge in [0.1, 0.15) is 5.75 Å². The summed E-state index contributed by atoms with van der Waals surface area (Å²) < 4.78 is 0. The standard InChI is InChI=1S/C14H13Cl2NO/c1-9-3-2-4-10(14(9)18)8-17-13-6-5-11(15)7-12(13)16/h2-7,17-18H,8H2,1H3. The number of phenolic OH excluding ortho intramolecular Hbond substituents is 1. The van der Waals surface area contributed by atoms with E-state index in [4.69, 9.17) is 23.2 Å². The smallest absolute Gasteiger partial charge is 0.123 e. The number of aryl methyl sites for hydroxylation is 1. The van der Waals surface area contributed by atoms with Crippen LogP contribution in [0.15, 0.2) is 36.4 Å². The summed E-state index contributed by atoms with van der Waals surface area (Å²) in [6.45, 7) is 2.38. The SMILES string of the molecule is Cc1cccc(CNc2ccc(Cl)cc2Cl)c1O. The Morgan fingerprint density at radius 1 is 1.17 bits per heavy atom. The Hall–Kier alpha value is -1.38. The lowest BCUT2D eigenvalue weighted by atomic mass is 10.1. The van der Waals surface area contributed by atoms with Crippen LogP contribution in [0.1, 0.15) is 11.1 Å². The molecule has 4 heteroatoms. The lowest BCUT2D eigenvalue weighted by Gasteiger charge is -2.11. The van der Waals surface area contributed by atoms with Gasteiger partial charge in [0.05, 0.1) is 10.7 Å². The van der Waals surface area contributed by atoms with Gasteiger partial charge in [-0.15, -0.1) is 0 Å². The van der Waals surface area contributed by atoms with E-state index < -0.39 is 0 Å². The number of halogens is 2. The molecule has 2 rings (SSSR count). The zero-order valence-corrected chi connectivity index (χ0v) is 11.4. The third kappa shape index (κ3) is 2.89. The van der Waals surface area contributed by atoms with Crippen molar-refractivity contribution >= 4 is 28.9 Å². The second-order valence-corrected chi connectivity index (χ2v) is 4.90. The van der Waals surface area contributed by atoms with Crippen molar-refractivity contribution in [3.8, 4) is 5.75 Å². The zero-order valence-electron chi connectivity index (χ0n) is 9.87. The van der Waals surface area contributed by atoms with Crippen molar-refractivity contribution in [2.45, 2.75) is 13.5 Å². The maximum atomic E-state index is 9.89. The first-order valence-corrected chi connectivity index (χ1v) is 6.30. The minimum atomic E-state index is 0.315. The Balaban J connectivity index is 2.14. The molecule has 0 bridgehead atoms. The van der Waals surface area contributed by atoms with Gasteiger partial charge in [-0.05, 0) is 30.7 Å². The average Bonchev–Trinajstić information content (AvgIpc) is 2.33. The molecule has 2 aromatic rings. The first-order valence-electron chi connectivity index (χ1n) is 5.54. The molecule has 0 atom stereocenters. The van der Waals surface area contributed by atoms with Crippen molar-refractivity contribution in [1.82, 2.24) is 0 Å². The lowest BCUT2D eigenvalue weighted by Crippen LogP contribution is -2.00. The molecule has 0 amide bonds. The molecule has 18 heavy (non-hydrogen) atoms. The Labute approximate surface area is 116 Å². The van der Waals surface area contributed by atoms with Gasteiger partial charge in [-0.3, -0.25) is 0 Å². The van der Waals surface area contributed by atoms with Gasteiger partial charge in [-0.1, -0.05) is 41.4 Å². The third-order valence-electron chi connectivity index (χ3n) is 2.72. The Kier molecular flexibility index (Phi) is 4.00. The summed E-state index contributed by atoms with van der Waals surface area (Å²) >= 11 is 11.9. The summed E-state index contributed by atoms with van der Waals surface area (Å²) in [4.78, 5) is 0. The Morgan fingerprint density at radius 2 is 1.94 bits per heavy atom. The minimum absolute atomic E-state index is 0.315. The van der Waals surface area contributed by atoms with Crippen LogP contribution >= 0.6 is 23.2 Å². The van der Waals surface area contributed by atoms with E-state index in [1.54, 1.807) is 12.1 Å². The van der Waals surface area contributed by atoms with Gasteiger partial charge in [0.25, 0.3) is 0 Å². The van der Waals surface area contributed by atoms with Crippen LogP contribution in [0.25, 0.3) is 0 Å². The van der Waals surface area contributed by atoms with E-state index in [1.165, 1.54) is 0 Å². The predicted molar refractivity (Wildman–Crippen MR) is 76.6 cm³/mol. The molecule has 0 aliphatic heterocycles. The molecule has 0 saturated heterocycles. The van der Waals surface area contributed by atoms with Crippen LogP contribution in [-0.2, 0) is 6.54 Å². The highest BCUT2D eigenvalue weighted by atomic mass is 35.5. The topological polar surface area (TPSA) is 32.3 Å². The molecule has 2 N–H and O–H groups in total. The lowest BCUT2D eigenvalue weighted by molar-refractivity contribution is 0.465. The molecule has 0 unspecified atom stereocenters. The number of benzene rings is 2. The summed E-state index contributed by atoms with van der Waals surface area (Å²) in [6.07, 6.45) is 0. The van der Waals surface area contributed by atoms with E-state index in [0.29, 0.717) is 22.3 Å². The van der Waals surface area contributed by atoms with Gasteiger partial charge in [0, 0.05) is 17.1 Å². The van der Waals surface area contributed by atoms with Crippen molar-refractivity contribution in [2.24, 2.45) is 0 Å². The summed E-state index contributed by atoms with van der Waals surface area (Å²) in [5, 5.41) is 14.2. The van der Waals surface area contributed by atoms with Crippen LogP contribution in [0.4, 0.5) is 5.69 Å². The van der Waals surface area contributed by atoms with E-state index in [2.05, 4.69) is 5.32 Å². The van der Waals surface area contributed by atoms with E-state index in [1.807, 2.05) is 31.2 Å². The second kappa shape index (κ2) is 5.51. The normalized spacial score (nSPS) is 10.4. The summed E-state index contributed by atoms with van der Waals surface area (Å²) in [7, 11) is 0. The summed E-state index contributed by atoms with van der Waals surface area (Å²) in [5.41, 5.74) is 2.49. The number of aromatic hydroxyl groups is 1. The van der Waals surface area contributed by atoms with E-state index in [0.717, 1.165) is 16.8 Å². The van der Waals surface area contributed by atoms with Crippen LogP contribution < -0.4 is 5.32 Å². The molecule has 0 aromatic heterocycles. The molecule has 2 aromatic carbocycles. The number of anilines is 1. The third-order valence-corrected chi connectivity index (χ3v) is 3.27. The van der Waals surface area contributed by atoms with Crippen LogP contribution in [0.5, 0.6) is 5.75 Å². The monoisotopic (exact) mass is 281 g/mol. The van der Waals surface area contributed by atoms with E-state index >= 15 is 0 Å². The molecule has 0 aliphatic rings. The van der Waals surface area contributed by atoms with Gasteiger partial charge in [0.15, 0.2) is 0 Å². The fraction of sp³-hybridized carbons (Fsp3) is 0.143. The molecule has 0 heterocycles. The molecule has 0 fully saturated rings. The van der Waals surface area contributed by atoms with Gasteiger partial charge in [0.2, 0.25) is 0 Å². The molecule has 0 radical (unpaired) electrons. The van der Waals surface area contributed by atoms with Crippen molar-refractivity contribution in [1.29, 1.82) is 0 Å². The maximum Gasteiger partial charge on any atom is 0.123 e. The molecule has 0 aliphatic carbocycles. The largest absolute Gasteiger partial charge is 0.507 e. The van der Waals surface area contributed by atoms with Gasteiger partial charge in [-0.2, -0.15) is 0 Å². The van der Waals surface area contributed by atoms with Crippen LogP contribution in [0.2, 0.25) is 10.0 Å². The average molecular weight is 282 g/mol. The van der Waals surface area contributed by atoms with E-state index in [9.17, 15) is 5.11 Å². The van der Waals surface area contributed by atoms with Crippen LogP contribution in [0.3, 0.4) is 0 Å². The van der Waals surface area contributed by atoms with Gasteiger partial charge >= 0.3 is 0 Å². The molecule has 0 spiro atoms. The predicted octanol–water partition coefficient (Wildman–Crippen LogP) is 4.62. The molecule has 94 valence electrons. The van der Waals surface area contributed by atoms with Crippen molar-refractivity contribution in [2.75, 3.05) is 5.32 Å². The number of para-hydroxylation sites is 1. The highest BCUT2D eigenvalue weighted by Crippen LogP contribution is 2.27. The zero-order chi connectivity index (χ0) is 13.1. The number of nitrogens with one attached hydrogen (secondary N) is 1. The first kappa shape index (κ1) is 13.1. The molecular weight excluding hydrogens is 269 g/mol. The number of rotatable bonds is 3. The number of hydrogen-bond acceptors (Lipinski definition) is 2. The Bertz CT molecular complexity index is 570. The fourth-order valence-electron chi connectivity index (χ4n) is 1.69. The Morgan fingerprint density at radius 3 is 2.67 bits per heavy atom. The van der Waals surface area contributed by atoms with Crippen molar-refractivity contribution in [3.63, 3.8) is 0 Å². The van der Waals surface area contributed by atoms with Crippen molar-refractivity contribution in [3.05, 3.63) is 57.6 Å². The van der Waals surface area contributed by atoms with Gasteiger partial charge in [-0.25, -0.2) is 0 Å². The van der Waals surface area contributed by atoms with Gasteiger partial charge < -0.3 is 10.4 Å². The maximum absolute atomic E-state index is 9.89. The van der Waals surface area contributed by atoms with Crippen LogP contribution in [0, 0.1) is 6.92 Å². The van der Waals surface area contributed by atoms with E-state index in [-0.39, 0.29) is 0 Å².